The molecule has 0 aromatic heterocycles. The maximum absolute atomic E-state index is 12.0. The van der Waals surface area contributed by atoms with Crippen molar-refractivity contribution < 1.29 is 18.0 Å². The summed E-state index contributed by atoms with van der Waals surface area (Å²) in [6.45, 7) is -0.0619. The van der Waals surface area contributed by atoms with Crippen molar-refractivity contribution in [1.82, 2.24) is 10.0 Å². The van der Waals surface area contributed by atoms with Crippen molar-refractivity contribution in [3.8, 4) is 0 Å². The van der Waals surface area contributed by atoms with Crippen molar-refractivity contribution in [3.05, 3.63) is 34.9 Å². The van der Waals surface area contributed by atoms with E-state index in [4.69, 9.17) is 11.6 Å². The van der Waals surface area contributed by atoms with Gasteiger partial charge in [0.25, 0.3) is 5.91 Å². The van der Waals surface area contributed by atoms with Crippen molar-refractivity contribution in [1.29, 1.82) is 0 Å². The number of aliphatic imine (C=N–C) groups is 1. The molecule has 0 aliphatic carbocycles. The number of carbonyl (C=O) groups is 2. The molecule has 1 aromatic carbocycles. The summed E-state index contributed by atoms with van der Waals surface area (Å²) in [4.78, 5) is 25.5. The summed E-state index contributed by atoms with van der Waals surface area (Å²) in [6.07, 6.45) is 0.802. The third-order valence-electron chi connectivity index (χ3n) is 2.57. The van der Waals surface area contributed by atoms with E-state index in [9.17, 15) is 18.0 Å². The SMILES string of the molecule is O=C1N=CC(S(=O)(=O)NCc2ccccc2Cl)C(=O)N1. The molecule has 1 aliphatic rings. The van der Waals surface area contributed by atoms with Gasteiger partial charge in [-0.05, 0) is 11.6 Å². The first-order valence-corrected chi connectivity index (χ1v) is 7.43. The number of urea groups is 1. The van der Waals surface area contributed by atoms with Crippen molar-refractivity contribution in [2.45, 2.75) is 11.8 Å². The smallest absolute Gasteiger partial charge is 0.275 e. The Labute approximate surface area is 120 Å². The molecule has 1 heterocycles. The van der Waals surface area contributed by atoms with Gasteiger partial charge in [0, 0.05) is 17.8 Å². The third-order valence-corrected chi connectivity index (χ3v) is 4.49. The standard InChI is InChI=1S/C11H10ClN3O4S/c12-8-4-2-1-3-7(8)5-14-20(18,19)9-6-13-11(17)15-10(9)16/h1-4,6,9,14H,5H2,(H,15,16,17). The van der Waals surface area contributed by atoms with Gasteiger partial charge in [0.2, 0.25) is 10.0 Å². The van der Waals surface area contributed by atoms with Crippen LogP contribution in [0.25, 0.3) is 0 Å². The lowest BCUT2D eigenvalue weighted by Crippen LogP contribution is -2.50. The predicted octanol–water partition coefficient (Wildman–Crippen LogP) is 0.449. The van der Waals surface area contributed by atoms with Crippen molar-refractivity contribution in [2.24, 2.45) is 4.99 Å². The van der Waals surface area contributed by atoms with E-state index in [1.54, 1.807) is 24.3 Å². The van der Waals surface area contributed by atoms with Crippen LogP contribution in [0.5, 0.6) is 0 Å². The highest BCUT2D eigenvalue weighted by atomic mass is 35.5. The lowest BCUT2D eigenvalue weighted by molar-refractivity contribution is -0.118. The Morgan fingerprint density at radius 1 is 1.30 bits per heavy atom. The molecule has 106 valence electrons. The molecule has 0 saturated heterocycles. The Kier molecular flexibility index (Phi) is 4.17. The van der Waals surface area contributed by atoms with Crippen LogP contribution in [0.15, 0.2) is 29.3 Å². The number of hydrogen-bond donors (Lipinski definition) is 2. The molecule has 0 bridgehead atoms. The summed E-state index contributed by atoms with van der Waals surface area (Å²) in [5.74, 6) is -0.934. The molecule has 1 atom stereocenters. The fourth-order valence-corrected chi connectivity index (χ4v) is 2.84. The number of amides is 3. The molecule has 0 fully saturated rings. The van der Waals surface area contributed by atoms with Gasteiger partial charge in [-0.15, -0.1) is 0 Å². The van der Waals surface area contributed by atoms with Crippen LogP contribution < -0.4 is 10.0 Å². The second-order valence-corrected chi connectivity index (χ2v) is 6.24. The maximum atomic E-state index is 12.0. The van der Waals surface area contributed by atoms with Gasteiger partial charge < -0.3 is 0 Å². The zero-order chi connectivity index (χ0) is 14.8. The highest BCUT2D eigenvalue weighted by molar-refractivity contribution is 7.91. The minimum absolute atomic E-state index is 0.0619. The number of nitrogens with one attached hydrogen (secondary N) is 2. The van der Waals surface area contributed by atoms with Gasteiger partial charge in [-0.25, -0.2) is 22.9 Å². The second-order valence-electron chi connectivity index (χ2n) is 3.95. The Bertz CT molecular complexity index is 687. The van der Waals surface area contributed by atoms with Crippen molar-refractivity contribution in [2.75, 3.05) is 0 Å². The highest BCUT2D eigenvalue weighted by Gasteiger charge is 2.34. The summed E-state index contributed by atoms with van der Waals surface area (Å²) >= 11 is 5.90. The van der Waals surface area contributed by atoms with Crippen LogP contribution in [-0.2, 0) is 21.4 Å². The van der Waals surface area contributed by atoms with Gasteiger partial charge in [-0.1, -0.05) is 29.8 Å². The van der Waals surface area contributed by atoms with Crippen LogP contribution in [-0.4, -0.2) is 31.8 Å². The van der Waals surface area contributed by atoms with E-state index in [0.29, 0.717) is 10.6 Å². The quantitative estimate of drug-likeness (QED) is 0.841. The van der Waals surface area contributed by atoms with E-state index in [-0.39, 0.29) is 6.54 Å². The van der Waals surface area contributed by atoms with E-state index in [0.717, 1.165) is 6.21 Å². The largest absolute Gasteiger partial charge is 0.347 e. The number of halogens is 1. The summed E-state index contributed by atoms with van der Waals surface area (Å²) in [6, 6.07) is 5.82. The fourth-order valence-electron chi connectivity index (χ4n) is 1.54. The molecule has 20 heavy (non-hydrogen) atoms. The first-order valence-electron chi connectivity index (χ1n) is 5.51. The lowest BCUT2D eigenvalue weighted by Gasteiger charge is -2.16. The van der Waals surface area contributed by atoms with Gasteiger partial charge in [0.1, 0.15) is 0 Å². The Morgan fingerprint density at radius 2 is 2.00 bits per heavy atom. The molecule has 1 unspecified atom stereocenters. The molecule has 1 aromatic rings. The third kappa shape index (κ3) is 3.21. The molecule has 2 N–H and O–H groups in total. The minimum atomic E-state index is -3.99. The Balaban J connectivity index is 2.12. The number of imide groups is 1. The van der Waals surface area contributed by atoms with E-state index < -0.39 is 27.2 Å². The van der Waals surface area contributed by atoms with E-state index in [1.165, 1.54) is 0 Å². The molecular weight excluding hydrogens is 306 g/mol. The van der Waals surface area contributed by atoms with E-state index >= 15 is 0 Å². The first kappa shape index (κ1) is 14.6. The van der Waals surface area contributed by atoms with Gasteiger partial charge in [0.15, 0.2) is 5.25 Å². The fraction of sp³-hybridized carbons (Fsp3) is 0.182. The van der Waals surface area contributed by atoms with E-state index in [1.807, 2.05) is 5.32 Å². The lowest BCUT2D eigenvalue weighted by atomic mass is 10.2. The first-order chi connectivity index (χ1) is 9.40. The van der Waals surface area contributed by atoms with Gasteiger partial charge in [0.05, 0.1) is 0 Å². The van der Waals surface area contributed by atoms with Crippen LogP contribution in [0.2, 0.25) is 5.02 Å². The topological polar surface area (TPSA) is 105 Å². The molecule has 3 amide bonds. The van der Waals surface area contributed by atoms with Crippen LogP contribution in [0.4, 0.5) is 4.79 Å². The average Bonchev–Trinajstić information content (AvgIpc) is 2.37. The molecule has 2 rings (SSSR count). The second kappa shape index (κ2) is 5.70. The zero-order valence-electron chi connectivity index (χ0n) is 10.0. The summed E-state index contributed by atoms with van der Waals surface area (Å²) in [5, 5.41) is 0.694. The number of sulfonamides is 1. The van der Waals surface area contributed by atoms with Crippen molar-refractivity contribution >= 4 is 39.8 Å². The summed E-state index contributed by atoms with van der Waals surface area (Å²) in [5.41, 5.74) is 0.571. The summed E-state index contributed by atoms with van der Waals surface area (Å²) in [7, 11) is -3.99. The number of benzene rings is 1. The van der Waals surface area contributed by atoms with Crippen LogP contribution >= 0.6 is 11.6 Å². The number of hydrogen-bond acceptors (Lipinski definition) is 4. The number of nitrogens with zero attached hydrogens (tertiary/aromatic N) is 1. The Morgan fingerprint density at radius 3 is 2.65 bits per heavy atom. The summed E-state index contributed by atoms with van der Waals surface area (Å²) < 4.78 is 26.2. The molecule has 1 aliphatic heterocycles. The maximum Gasteiger partial charge on any atom is 0.347 e. The van der Waals surface area contributed by atoms with E-state index in [2.05, 4.69) is 9.71 Å². The Hall–Kier alpha value is -1.77. The molecule has 0 radical (unpaired) electrons. The van der Waals surface area contributed by atoms with Crippen LogP contribution in [0.3, 0.4) is 0 Å². The predicted molar refractivity (Wildman–Crippen MR) is 73.0 cm³/mol. The van der Waals surface area contributed by atoms with Crippen LogP contribution in [0.1, 0.15) is 5.56 Å². The molecule has 0 spiro atoms. The van der Waals surface area contributed by atoms with Crippen molar-refractivity contribution in [3.63, 3.8) is 0 Å². The average molecular weight is 316 g/mol. The monoisotopic (exact) mass is 315 g/mol. The highest BCUT2D eigenvalue weighted by Crippen LogP contribution is 2.15. The number of carbonyl (C=O) groups excluding carboxylic acids is 2. The molecular formula is C11H10ClN3O4S. The van der Waals surface area contributed by atoms with Gasteiger partial charge >= 0.3 is 6.03 Å². The van der Waals surface area contributed by atoms with Gasteiger partial charge in [-0.3, -0.25) is 10.1 Å². The molecule has 9 heteroatoms. The normalized spacial score (nSPS) is 18.9. The van der Waals surface area contributed by atoms with Crippen LogP contribution in [0, 0.1) is 0 Å². The molecule has 7 nitrogen and oxygen atoms in total. The zero-order valence-corrected chi connectivity index (χ0v) is 11.6. The molecule has 0 saturated carbocycles. The minimum Gasteiger partial charge on any atom is -0.275 e. The van der Waals surface area contributed by atoms with Gasteiger partial charge in [-0.2, -0.15) is 0 Å². The number of rotatable bonds is 4.